The standard InChI is InChI=1S/C14H27NO/c1-10(2)12-7-13(8-12)15-9-11-4-3-5-14(16)6-11/h10-16H,3-9H2,1-2H3. The molecule has 2 unspecified atom stereocenters. The average Bonchev–Trinajstić information content (AvgIpc) is 2.14. The predicted molar refractivity (Wildman–Crippen MR) is 67.3 cm³/mol. The highest BCUT2D eigenvalue weighted by atomic mass is 16.3. The van der Waals surface area contributed by atoms with E-state index in [1.807, 2.05) is 0 Å². The van der Waals surface area contributed by atoms with Gasteiger partial charge in [-0.15, -0.1) is 0 Å². The Morgan fingerprint density at radius 2 is 1.94 bits per heavy atom. The lowest BCUT2D eigenvalue weighted by molar-refractivity contribution is 0.0936. The molecule has 0 aromatic carbocycles. The molecule has 0 amide bonds. The highest BCUT2D eigenvalue weighted by Crippen LogP contribution is 2.34. The Morgan fingerprint density at radius 3 is 2.56 bits per heavy atom. The van der Waals surface area contributed by atoms with Crippen molar-refractivity contribution in [3.8, 4) is 0 Å². The van der Waals surface area contributed by atoms with Crippen LogP contribution in [0.4, 0.5) is 0 Å². The maximum absolute atomic E-state index is 9.60. The van der Waals surface area contributed by atoms with E-state index in [2.05, 4.69) is 19.2 Å². The third-order valence-corrected chi connectivity index (χ3v) is 4.57. The predicted octanol–water partition coefficient (Wildman–Crippen LogP) is 2.56. The molecule has 2 aliphatic carbocycles. The van der Waals surface area contributed by atoms with Crippen LogP contribution >= 0.6 is 0 Å². The number of aliphatic hydroxyl groups excluding tert-OH is 1. The molecule has 2 heteroatoms. The third kappa shape index (κ3) is 3.21. The zero-order chi connectivity index (χ0) is 11.5. The van der Waals surface area contributed by atoms with E-state index < -0.39 is 0 Å². The summed E-state index contributed by atoms with van der Waals surface area (Å²) >= 11 is 0. The molecule has 0 aromatic heterocycles. The molecular weight excluding hydrogens is 198 g/mol. The molecule has 94 valence electrons. The fraction of sp³-hybridized carbons (Fsp3) is 1.00. The molecule has 0 spiro atoms. The van der Waals surface area contributed by atoms with Crippen LogP contribution in [0.3, 0.4) is 0 Å². The first-order chi connectivity index (χ1) is 7.65. The molecule has 0 heterocycles. The van der Waals surface area contributed by atoms with Gasteiger partial charge in [0, 0.05) is 6.04 Å². The normalized spacial score (nSPS) is 39.8. The number of aliphatic hydroxyl groups is 1. The molecule has 0 saturated heterocycles. The number of hydrogen-bond acceptors (Lipinski definition) is 2. The minimum Gasteiger partial charge on any atom is -0.393 e. The van der Waals surface area contributed by atoms with Gasteiger partial charge in [0.25, 0.3) is 0 Å². The van der Waals surface area contributed by atoms with Gasteiger partial charge in [0.2, 0.25) is 0 Å². The van der Waals surface area contributed by atoms with Crippen molar-refractivity contribution < 1.29 is 5.11 Å². The molecule has 16 heavy (non-hydrogen) atoms. The first-order valence-electron chi connectivity index (χ1n) is 7.06. The second-order valence-electron chi connectivity index (χ2n) is 6.27. The van der Waals surface area contributed by atoms with E-state index in [1.165, 1.54) is 25.7 Å². The summed E-state index contributed by atoms with van der Waals surface area (Å²) in [6, 6.07) is 0.770. The largest absolute Gasteiger partial charge is 0.393 e. The summed E-state index contributed by atoms with van der Waals surface area (Å²) in [4.78, 5) is 0. The van der Waals surface area contributed by atoms with Crippen LogP contribution in [0.1, 0.15) is 52.4 Å². The lowest BCUT2D eigenvalue weighted by atomic mass is 9.73. The van der Waals surface area contributed by atoms with Crippen LogP contribution in [0.5, 0.6) is 0 Å². The van der Waals surface area contributed by atoms with Crippen molar-refractivity contribution in [3.63, 3.8) is 0 Å². The van der Waals surface area contributed by atoms with Crippen molar-refractivity contribution in [3.05, 3.63) is 0 Å². The van der Waals surface area contributed by atoms with Crippen LogP contribution in [0, 0.1) is 17.8 Å². The Labute approximate surface area is 99.8 Å². The maximum Gasteiger partial charge on any atom is 0.0543 e. The van der Waals surface area contributed by atoms with Gasteiger partial charge in [0.05, 0.1) is 6.10 Å². The van der Waals surface area contributed by atoms with Crippen LogP contribution in [-0.4, -0.2) is 23.8 Å². The minimum absolute atomic E-state index is 0.0228. The summed E-state index contributed by atoms with van der Waals surface area (Å²) in [7, 11) is 0. The topological polar surface area (TPSA) is 32.3 Å². The van der Waals surface area contributed by atoms with Gasteiger partial charge in [0.15, 0.2) is 0 Å². The molecule has 2 atom stereocenters. The maximum atomic E-state index is 9.60. The highest BCUT2D eigenvalue weighted by Gasteiger charge is 2.31. The molecule has 0 aliphatic heterocycles. The van der Waals surface area contributed by atoms with Gasteiger partial charge in [0.1, 0.15) is 0 Å². The van der Waals surface area contributed by atoms with E-state index in [9.17, 15) is 5.11 Å². The molecule has 2 rings (SSSR count). The van der Waals surface area contributed by atoms with Crippen molar-refractivity contribution in [2.45, 2.75) is 64.5 Å². The summed E-state index contributed by atoms with van der Waals surface area (Å²) in [5.74, 6) is 2.53. The zero-order valence-electron chi connectivity index (χ0n) is 10.8. The van der Waals surface area contributed by atoms with Crippen LogP contribution in [0.25, 0.3) is 0 Å². The van der Waals surface area contributed by atoms with Crippen LogP contribution < -0.4 is 5.32 Å². The molecule has 0 radical (unpaired) electrons. The smallest absolute Gasteiger partial charge is 0.0543 e. The van der Waals surface area contributed by atoms with Crippen molar-refractivity contribution in [1.82, 2.24) is 5.32 Å². The van der Waals surface area contributed by atoms with E-state index in [1.54, 1.807) is 0 Å². The van der Waals surface area contributed by atoms with Crippen molar-refractivity contribution >= 4 is 0 Å². The monoisotopic (exact) mass is 225 g/mol. The SMILES string of the molecule is CC(C)C1CC(NCC2CCCC(O)C2)C1. The quantitative estimate of drug-likeness (QED) is 0.770. The summed E-state index contributed by atoms with van der Waals surface area (Å²) < 4.78 is 0. The van der Waals surface area contributed by atoms with Crippen LogP contribution in [0.15, 0.2) is 0 Å². The third-order valence-electron chi connectivity index (χ3n) is 4.57. The molecule has 2 saturated carbocycles. The van der Waals surface area contributed by atoms with Crippen molar-refractivity contribution in [2.75, 3.05) is 6.54 Å². The summed E-state index contributed by atoms with van der Waals surface area (Å²) in [6.45, 7) is 5.79. The van der Waals surface area contributed by atoms with Crippen molar-refractivity contribution in [2.24, 2.45) is 17.8 Å². The van der Waals surface area contributed by atoms with Gasteiger partial charge >= 0.3 is 0 Å². The number of hydrogen-bond donors (Lipinski definition) is 2. The first kappa shape index (κ1) is 12.4. The summed E-state index contributed by atoms with van der Waals surface area (Å²) in [5, 5.41) is 13.3. The first-order valence-corrected chi connectivity index (χ1v) is 7.06. The molecule has 0 aromatic rings. The van der Waals surface area contributed by atoms with Gasteiger partial charge in [-0.25, -0.2) is 0 Å². The number of nitrogens with one attached hydrogen (secondary N) is 1. The number of rotatable bonds is 4. The Bertz CT molecular complexity index is 211. The second kappa shape index (κ2) is 5.50. The van der Waals surface area contributed by atoms with Crippen molar-refractivity contribution in [1.29, 1.82) is 0 Å². The minimum atomic E-state index is -0.0228. The highest BCUT2D eigenvalue weighted by molar-refractivity contribution is 4.87. The summed E-state index contributed by atoms with van der Waals surface area (Å²) in [6.07, 6.45) is 7.28. The zero-order valence-corrected chi connectivity index (χ0v) is 10.8. The van der Waals surface area contributed by atoms with Gasteiger partial charge in [-0.05, 0) is 56.4 Å². The van der Waals surface area contributed by atoms with Gasteiger partial charge < -0.3 is 10.4 Å². The molecule has 0 bridgehead atoms. The molecular formula is C14H27NO. The fourth-order valence-corrected chi connectivity index (χ4v) is 3.15. The van der Waals surface area contributed by atoms with Gasteiger partial charge in [-0.3, -0.25) is 0 Å². The lowest BCUT2D eigenvalue weighted by Crippen LogP contribution is -2.45. The van der Waals surface area contributed by atoms with Crippen LogP contribution in [-0.2, 0) is 0 Å². The van der Waals surface area contributed by atoms with E-state index in [0.717, 1.165) is 43.2 Å². The second-order valence-corrected chi connectivity index (χ2v) is 6.27. The van der Waals surface area contributed by atoms with E-state index >= 15 is 0 Å². The Balaban J connectivity index is 1.58. The molecule has 2 aliphatic rings. The Kier molecular flexibility index (Phi) is 4.26. The molecule has 2 N–H and O–H groups in total. The van der Waals surface area contributed by atoms with E-state index in [-0.39, 0.29) is 6.10 Å². The van der Waals surface area contributed by atoms with E-state index in [0.29, 0.717) is 0 Å². The lowest BCUT2D eigenvalue weighted by Gasteiger charge is -2.40. The fourth-order valence-electron chi connectivity index (χ4n) is 3.15. The Morgan fingerprint density at radius 1 is 1.19 bits per heavy atom. The molecule has 2 fully saturated rings. The Hall–Kier alpha value is -0.0800. The average molecular weight is 225 g/mol. The van der Waals surface area contributed by atoms with Gasteiger partial charge in [-0.1, -0.05) is 20.3 Å². The van der Waals surface area contributed by atoms with Gasteiger partial charge in [-0.2, -0.15) is 0 Å². The van der Waals surface area contributed by atoms with E-state index in [4.69, 9.17) is 0 Å². The summed E-state index contributed by atoms with van der Waals surface area (Å²) in [5.41, 5.74) is 0. The van der Waals surface area contributed by atoms with Crippen LogP contribution in [0.2, 0.25) is 0 Å². The molecule has 2 nitrogen and oxygen atoms in total.